The Balaban J connectivity index is 0.00000110. The zero-order valence-corrected chi connectivity index (χ0v) is 11.2. The van der Waals surface area contributed by atoms with E-state index in [2.05, 4.69) is 76.0 Å². The monoisotopic (exact) mass is 267 g/mol. The summed E-state index contributed by atoms with van der Waals surface area (Å²) in [6.07, 6.45) is 10.8. The molecule has 0 saturated carbocycles. The van der Waals surface area contributed by atoms with Crippen molar-refractivity contribution in [2.45, 2.75) is 0 Å². The summed E-state index contributed by atoms with van der Waals surface area (Å²) in [6.45, 7) is 0. The highest BCUT2D eigenvalue weighted by Gasteiger charge is 2.26. The van der Waals surface area contributed by atoms with Gasteiger partial charge in [0, 0.05) is 29.5 Å². The number of halogens is 1. The van der Waals surface area contributed by atoms with Crippen molar-refractivity contribution in [1.82, 2.24) is 4.48 Å². The Morgan fingerprint density at radius 2 is 1.89 bits per heavy atom. The molecular weight excluding hydrogens is 254 g/mol. The van der Waals surface area contributed by atoms with Crippen LogP contribution in [0.3, 0.4) is 0 Å². The zero-order valence-electron chi connectivity index (χ0n) is 10.4. The Kier molecular flexibility index (Phi) is 2.92. The van der Waals surface area contributed by atoms with E-state index in [4.69, 9.17) is 0 Å². The molecule has 0 unspecified atom stereocenters. The van der Waals surface area contributed by atoms with Gasteiger partial charge in [0.25, 0.3) is 0 Å². The summed E-state index contributed by atoms with van der Waals surface area (Å²) in [4.78, 5) is 0. The Bertz CT molecular complexity index is 711. The highest BCUT2D eigenvalue weighted by molar-refractivity contribution is 6.27. The van der Waals surface area contributed by atoms with Gasteiger partial charge in [-0.1, -0.05) is 30.3 Å². The van der Waals surface area contributed by atoms with Crippen LogP contribution in [0.25, 0.3) is 17.2 Å². The highest BCUT2D eigenvalue weighted by Crippen LogP contribution is 2.29. The van der Waals surface area contributed by atoms with Crippen LogP contribution in [-0.2, 0) is 0 Å². The van der Waals surface area contributed by atoms with Crippen LogP contribution in [-0.4, -0.2) is 22.7 Å². The maximum absolute atomic E-state index is 2.29. The van der Waals surface area contributed by atoms with Crippen molar-refractivity contribution < 1.29 is 4.49 Å². The van der Waals surface area contributed by atoms with Crippen LogP contribution in [0.15, 0.2) is 60.4 Å². The normalized spacial score (nSPS) is 14.7. The van der Waals surface area contributed by atoms with E-state index in [1.54, 1.807) is 0 Å². The molecule has 4 heteroatoms. The number of hydrogen-bond donors (Lipinski definition) is 0. The molecule has 0 spiro atoms. The Morgan fingerprint density at radius 1 is 1.05 bits per heavy atom. The Labute approximate surface area is 119 Å². The minimum absolute atomic E-state index is 0. The number of aromatic nitrogens is 1. The van der Waals surface area contributed by atoms with Crippen LogP contribution in [0.2, 0.25) is 0 Å². The molecule has 0 atom stereocenters. The lowest BCUT2D eigenvalue weighted by Crippen LogP contribution is -2.25. The lowest BCUT2D eigenvalue weighted by Gasteiger charge is -2.11. The standard InChI is InChI=1S/C15H12BN2.ClH/c1-2-5-12(6-3-1)14-8-10-18-15(14)11-13-7-4-9-17(13)16-18;/h1-11,16H;1H/q+1;. The molecule has 2 nitrogen and oxygen atoms in total. The van der Waals surface area contributed by atoms with E-state index in [9.17, 15) is 0 Å². The van der Waals surface area contributed by atoms with Crippen molar-refractivity contribution >= 4 is 32.2 Å². The SMILES string of the molecule is B1n2ccc(-c3ccccc3)c2C=C2C=CC=[N+]12.Cl. The van der Waals surface area contributed by atoms with Gasteiger partial charge in [0.05, 0.1) is 0 Å². The quantitative estimate of drug-likeness (QED) is 0.702. The summed E-state index contributed by atoms with van der Waals surface area (Å²) in [6, 6.07) is 12.8. The minimum atomic E-state index is 0. The van der Waals surface area contributed by atoms with E-state index in [-0.39, 0.29) is 12.4 Å². The maximum Gasteiger partial charge on any atom is 0.604 e. The first-order chi connectivity index (χ1) is 8.92. The summed E-state index contributed by atoms with van der Waals surface area (Å²) in [5.41, 5.74) is 5.16. The first kappa shape index (κ1) is 12.1. The van der Waals surface area contributed by atoms with Gasteiger partial charge in [0.15, 0.2) is 5.70 Å². The summed E-state index contributed by atoms with van der Waals surface area (Å²) < 4.78 is 4.54. The molecule has 2 aliphatic rings. The van der Waals surface area contributed by atoms with Gasteiger partial charge in [-0.25, -0.2) is 0 Å². The molecule has 0 saturated heterocycles. The zero-order chi connectivity index (χ0) is 11.9. The molecule has 0 fully saturated rings. The molecule has 0 radical (unpaired) electrons. The van der Waals surface area contributed by atoms with Crippen molar-refractivity contribution in [1.29, 1.82) is 0 Å². The van der Waals surface area contributed by atoms with Crippen molar-refractivity contribution in [3.8, 4) is 11.1 Å². The molecule has 2 aromatic rings. The fourth-order valence-electron chi connectivity index (χ4n) is 2.62. The summed E-state index contributed by atoms with van der Waals surface area (Å²) in [7, 11) is 0.904. The summed E-state index contributed by atoms with van der Waals surface area (Å²) >= 11 is 0. The van der Waals surface area contributed by atoms with E-state index in [1.165, 1.54) is 22.5 Å². The molecule has 0 amide bonds. The minimum Gasteiger partial charge on any atom is -0.329 e. The third-order valence-corrected chi connectivity index (χ3v) is 3.55. The largest absolute Gasteiger partial charge is 0.604 e. The first-order valence-electron chi connectivity index (χ1n) is 6.16. The second-order valence-corrected chi connectivity index (χ2v) is 4.64. The molecule has 19 heavy (non-hydrogen) atoms. The first-order valence-corrected chi connectivity index (χ1v) is 6.16. The smallest absolute Gasteiger partial charge is 0.329 e. The predicted octanol–water partition coefficient (Wildman–Crippen LogP) is 2.70. The van der Waals surface area contributed by atoms with Crippen LogP contribution >= 0.6 is 12.4 Å². The molecule has 3 heterocycles. The van der Waals surface area contributed by atoms with E-state index in [1.807, 2.05) is 0 Å². The second kappa shape index (κ2) is 4.59. The number of nitrogens with zero attached hydrogens (tertiary/aromatic N) is 2. The van der Waals surface area contributed by atoms with Crippen molar-refractivity contribution in [2.24, 2.45) is 0 Å². The van der Waals surface area contributed by atoms with Crippen molar-refractivity contribution in [3.63, 3.8) is 0 Å². The third kappa shape index (κ3) is 1.87. The molecule has 0 bridgehead atoms. The van der Waals surface area contributed by atoms with Crippen LogP contribution < -0.4 is 0 Å². The maximum atomic E-state index is 2.29. The average Bonchev–Trinajstić information content (AvgIpc) is 3.02. The number of fused-ring (bicyclic) bond motifs is 2. The molecule has 1 aromatic carbocycles. The van der Waals surface area contributed by atoms with Crippen molar-refractivity contribution in [2.75, 3.05) is 0 Å². The van der Waals surface area contributed by atoms with E-state index >= 15 is 0 Å². The summed E-state index contributed by atoms with van der Waals surface area (Å²) in [5, 5.41) is 0. The van der Waals surface area contributed by atoms with Crippen LogP contribution in [0, 0.1) is 0 Å². The number of rotatable bonds is 1. The molecule has 4 rings (SSSR count). The van der Waals surface area contributed by atoms with Gasteiger partial charge >= 0.3 is 7.55 Å². The van der Waals surface area contributed by atoms with Crippen LogP contribution in [0.1, 0.15) is 5.69 Å². The fourth-order valence-corrected chi connectivity index (χ4v) is 2.62. The molecule has 0 N–H and O–H groups in total. The van der Waals surface area contributed by atoms with Gasteiger partial charge in [-0.05, 0) is 17.8 Å². The van der Waals surface area contributed by atoms with E-state index in [0.717, 1.165) is 7.55 Å². The van der Waals surface area contributed by atoms with Crippen LogP contribution in [0.4, 0.5) is 0 Å². The van der Waals surface area contributed by atoms with E-state index < -0.39 is 0 Å². The lowest BCUT2D eigenvalue weighted by molar-refractivity contribution is -0.306. The number of allylic oxidation sites excluding steroid dienone is 2. The predicted molar refractivity (Wildman–Crippen MR) is 83.1 cm³/mol. The Hall–Kier alpha value is -2.00. The molecule has 0 aliphatic carbocycles. The highest BCUT2D eigenvalue weighted by atomic mass is 35.5. The second-order valence-electron chi connectivity index (χ2n) is 4.64. The van der Waals surface area contributed by atoms with Crippen LogP contribution in [0.5, 0.6) is 0 Å². The topological polar surface area (TPSA) is 7.94 Å². The number of benzene rings is 1. The van der Waals surface area contributed by atoms with Gasteiger partial charge in [0.1, 0.15) is 6.21 Å². The molecular formula is C15H13BClN2+. The molecule has 2 aliphatic heterocycles. The van der Waals surface area contributed by atoms with E-state index in [0.29, 0.717) is 0 Å². The van der Waals surface area contributed by atoms with Crippen molar-refractivity contribution in [3.05, 3.63) is 66.1 Å². The van der Waals surface area contributed by atoms with Gasteiger partial charge < -0.3 is 4.48 Å². The summed E-state index contributed by atoms with van der Waals surface area (Å²) in [5.74, 6) is 0. The lowest BCUT2D eigenvalue weighted by atomic mass is 10.00. The number of hydrogen-bond acceptors (Lipinski definition) is 0. The van der Waals surface area contributed by atoms with Gasteiger partial charge in [0.2, 0.25) is 0 Å². The average molecular weight is 268 g/mol. The van der Waals surface area contributed by atoms with Gasteiger partial charge in [-0.3, -0.25) is 4.49 Å². The molecule has 92 valence electrons. The van der Waals surface area contributed by atoms with Gasteiger partial charge in [-0.15, -0.1) is 12.4 Å². The van der Waals surface area contributed by atoms with Gasteiger partial charge in [-0.2, -0.15) is 0 Å². The Morgan fingerprint density at radius 3 is 2.74 bits per heavy atom. The molecule has 1 aromatic heterocycles. The third-order valence-electron chi connectivity index (χ3n) is 3.55. The fraction of sp³-hybridized carbons (Fsp3) is 0.